The average Bonchev–Trinajstić information content (AvgIpc) is 2.68. The van der Waals surface area contributed by atoms with Gasteiger partial charge < -0.3 is 24.4 Å². The molecule has 2 aromatic carbocycles. The Morgan fingerprint density at radius 3 is 2.63 bits per heavy atom. The molecule has 0 fully saturated rings. The zero-order valence-corrected chi connectivity index (χ0v) is 16.4. The van der Waals surface area contributed by atoms with Crippen LogP contribution >= 0.6 is 11.6 Å². The molecule has 7 heteroatoms. The van der Waals surface area contributed by atoms with E-state index in [0.29, 0.717) is 41.9 Å². The lowest BCUT2D eigenvalue weighted by molar-refractivity contribution is 0.206. The van der Waals surface area contributed by atoms with E-state index >= 15 is 0 Å². The zero-order chi connectivity index (χ0) is 19.4. The summed E-state index contributed by atoms with van der Waals surface area (Å²) in [4.78, 5) is 14.5. The molecule has 2 aromatic rings. The third-order valence-corrected chi connectivity index (χ3v) is 4.80. The smallest absolute Gasteiger partial charge is 0.322 e. The summed E-state index contributed by atoms with van der Waals surface area (Å²) in [6.07, 6.45) is 0.801. The number of urea groups is 1. The third-order valence-electron chi connectivity index (χ3n) is 4.50. The molecule has 0 saturated carbocycles. The molecule has 0 radical (unpaired) electrons. The molecular weight excluding hydrogens is 368 g/mol. The van der Waals surface area contributed by atoms with Gasteiger partial charge in [0.05, 0.1) is 31.5 Å². The molecule has 3 rings (SSSR count). The standard InChI is InChI=1S/C20H23ClN2O4/c1-4-27-15-6-5-13-7-8-23(12-14(13)9-15)20(24)22-17-10-16(21)18(25-2)11-19(17)26-3/h5-6,9-11H,4,7-8,12H2,1-3H3,(H,22,24). The largest absolute Gasteiger partial charge is 0.495 e. The lowest BCUT2D eigenvalue weighted by atomic mass is 10.00. The molecule has 0 atom stereocenters. The first-order valence-electron chi connectivity index (χ1n) is 8.77. The van der Waals surface area contributed by atoms with Gasteiger partial charge in [-0.15, -0.1) is 0 Å². The maximum Gasteiger partial charge on any atom is 0.322 e. The Morgan fingerprint density at radius 1 is 1.15 bits per heavy atom. The summed E-state index contributed by atoms with van der Waals surface area (Å²) >= 11 is 6.18. The quantitative estimate of drug-likeness (QED) is 0.824. The molecule has 2 amide bonds. The monoisotopic (exact) mass is 390 g/mol. The van der Waals surface area contributed by atoms with Crippen LogP contribution in [0.1, 0.15) is 18.1 Å². The van der Waals surface area contributed by atoms with Gasteiger partial charge in [0.15, 0.2) is 0 Å². The topological polar surface area (TPSA) is 60.0 Å². The fourth-order valence-electron chi connectivity index (χ4n) is 3.12. The van der Waals surface area contributed by atoms with Crippen LogP contribution in [0.15, 0.2) is 30.3 Å². The van der Waals surface area contributed by atoms with Gasteiger partial charge in [0.1, 0.15) is 17.2 Å². The van der Waals surface area contributed by atoms with E-state index in [2.05, 4.69) is 11.4 Å². The highest BCUT2D eigenvalue weighted by Crippen LogP contribution is 2.36. The minimum Gasteiger partial charge on any atom is -0.495 e. The number of methoxy groups -OCH3 is 2. The molecule has 0 saturated heterocycles. The zero-order valence-electron chi connectivity index (χ0n) is 15.7. The van der Waals surface area contributed by atoms with Crippen LogP contribution in [0.25, 0.3) is 0 Å². The number of nitrogens with zero attached hydrogens (tertiary/aromatic N) is 1. The van der Waals surface area contributed by atoms with Crippen molar-refractivity contribution in [3.05, 3.63) is 46.5 Å². The molecule has 0 aromatic heterocycles. The number of carbonyl (C=O) groups is 1. The first-order chi connectivity index (χ1) is 13.0. The summed E-state index contributed by atoms with van der Waals surface area (Å²) in [7, 11) is 3.06. The number of carbonyl (C=O) groups excluding carboxylic acids is 1. The number of rotatable bonds is 5. The highest BCUT2D eigenvalue weighted by molar-refractivity contribution is 6.32. The Labute approximate surface area is 164 Å². The Kier molecular flexibility index (Phi) is 5.96. The number of ether oxygens (including phenoxy) is 3. The predicted octanol–water partition coefficient (Wildman–Crippen LogP) is 4.35. The van der Waals surface area contributed by atoms with Crippen LogP contribution < -0.4 is 19.5 Å². The molecule has 1 N–H and O–H groups in total. The number of halogens is 1. The van der Waals surface area contributed by atoms with E-state index in [1.807, 2.05) is 19.1 Å². The van der Waals surface area contributed by atoms with Crippen LogP contribution in [-0.4, -0.2) is 38.3 Å². The van der Waals surface area contributed by atoms with Crippen LogP contribution in [0.3, 0.4) is 0 Å². The number of nitrogens with one attached hydrogen (secondary N) is 1. The number of benzene rings is 2. The van der Waals surface area contributed by atoms with Crippen LogP contribution in [0.5, 0.6) is 17.2 Å². The van der Waals surface area contributed by atoms with Crippen molar-refractivity contribution < 1.29 is 19.0 Å². The fraction of sp³-hybridized carbons (Fsp3) is 0.350. The Balaban J connectivity index is 1.76. The lowest BCUT2D eigenvalue weighted by Gasteiger charge is -2.29. The van der Waals surface area contributed by atoms with Crippen LogP contribution in [0, 0.1) is 0 Å². The van der Waals surface area contributed by atoms with Crippen LogP contribution in [-0.2, 0) is 13.0 Å². The number of anilines is 1. The molecule has 0 aliphatic carbocycles. The number of fused-ring (bicyclic) bond motifs is 1. The molecule has 144 valence electrons. The van der Waals surface area contributed by atoms with Crippen LogP contribution in [0.2, 0.25) is 5.02 Å². The van der Waals surface area contributed by atoms with Gasteiger partial charge in [-0.1, -0.05) is 17.7 Å². The lowest BCUT2D eigenvalue weighted by Crippen LogP contribution is -2.38. The van der Waals surface area contributed by atoms with E-state index in [9.17, 15) is 4.79 Å². The average molecular weight is 391 g/mol. The molecule has 1 aliphatic heterocycles. The summed E-state index contributed by atoms with van der Waals surface area (Å²) < 4.78 is 16.1. The summed E-state index contributed by atoms with van der Waals surface area (Å²) in [6, 6.07) is 9.12. The molecular formula is C20H23ClN2O4. The fourth-order valence-corrected chi connectivity index (χ4v) is 3.36. The maximum atomic E-state index is 12.8. The minimum absolute atomic E-state index is 0.206. The number of hydrogen-bond acceptors (Lipinski definition) is 4. The van der Waals surface area contributed by atoms with Crippen LogP contribution in [0.4, 0.5) is 10.5 Å². The summed E-state index contributed by atoms with van der Waals surface area (Å²) in [5.74, 6) is 1.80. The second-order valence-corrected chi connectivity index (χ2v) is 6.56. The second kappa shape index (κ2) is 8.39. The first kappa shape index (κ1) is 19.2. The van der Waals surface area contributed by atoms with E-state index < -0.39 is 0 Å². The van der Waals surface area contributed by atoms with Gasteiger partial charge in [-0.25, -0.2) is 4.79 Å². The van der Waals surface area contributed by atoms with Gasteiger partial charge in [-0.3, -0.25) is 0 Å². The normalized spacial score (nSPS) is 13.0. The maximum absolute atomic E-state index is 12.8. The number of hydrogen-bond donors (Lipinski definition) is 1. The molecule has 1 heterocycles. The van der Waals surface area contributed by atoms with Crippen molar-refractivity contribution in [2.24, 2.45) is 0 Å². The summed E-state index contributed by atoms with van der Waals surface area (Å²) in [5, 5.41) is 3.29. The van der Waals surface area contributed by atoms with E-state index in [-0.39, 0.29) is 6.03 Å². The third kappa shape index (κ3) is 4.22. The van der Waals surface area contributed by atoms with Gasteiger partial charge in [-0.2, -0.15) is 0 Å². The van der Waals surface area contributed by atoms with Gasteiger partial charge in [0, 0.05) is 19.2 Å². The minimum atomic E-state index is -0.206. The Bertz CT molecular complexity index is 841. The van der Waals surface area contributed by atoms with E-state index in [0.717, 1.165) is 17.7 Å². The Hall–Kier alpha value is -2.60. The SMILES string of the molecule is CCOc1ccc2c(c1)CN(C(=O)Nc1cc(Cl)c(OC)cc1OC)CC2. The van der Waals surface area contributed by atoms with Crippen molar-refractivity contribution in [2.45, 2.75) is 19.9 Å². The summed E-state index contributed by atoms with van der Waals surface area (Å²) in [6.45, 7) is 3.72. The van der Waals surface area contributed by atoms with Crippen molar-refractivity contribution in [1.82, 2.24) is 4.90 Å². The van der Waals surface area contributed by atoms with E-state index in [1.165, 1.54) is 19.8 Å². The van der Waals surface area contributed by atoms with Crippen molar-refractivity contribution in [1.29, 1.82) is 0 Å². The molecule has 6 nitrogen and oxygen atoms in total. The highest BCUT2D eigenvalue weighted by atomic mass is 35.5. The Morgan fingerprint density at radius 2 is 1.93 bits per heavy atom. The van der Waals surface area contributed by atoms with Crippen molar-refractivity contribution in [3.8, 4) is 17.2 Å². The van der Waals surface area contributed by atoms with Crippen molar-refractivity contribution >= 4 is 23.3 Å². The van der Waals surface area contributed by atoms with Crippen molar-refractivity contribution in [3.63, 3.8) is 0 Å². The molecule has 1 aliphatic rings. The van der Waals surface area contributed by atoms with E-state index in [4.69, 9.17) is 25.8 Å². The first-order valence-corrected chi connectivity index (χ1v) is 9.15. The van der Waals surface area contributed by atoms with Gasteiger partial charge >= 0.3 is 6.03 Å². The summed E-state index contributed by atoms with van der Waals surface area (Å²) in [5.41, 5.74) is 2.84. The second-order valence-electron chi connectivity index (χ2n) is 6.15. The predicted molar refractivity (Wildman–Crippen MR) is 105 cm³/mol. The van der Waals surface area contributed by atoms with Gasteiger partial charge in [0.25, 0.3) is 0 Å². The highest BCUT2D eigenvalue weighted by Gasteiger charge is 2.22. The molecule has 27 heavy (non-hydrogen) atoms. The molecule has 0 bridgehead atoms. The molecule has 0 unspecified atom stereocenters. The van der Waals surface area contributed by atoms with E-state index in [1.54, 1.807) is 17.0 Å². The molecule has 0 spiro atoms. The number of amides is 2. The van der Waals surface area contributed by atoms with Crippen molar-refractivity contribution in [2.75, 3.05) is 32.7 Å². The van der Waals surface area contributed by atoms with Gasteiger partial charge in [-0.05, 0) is 42.7 Å². The van der Waals surface area contributed by atoms with Gasteiger partial charge in [0.2, 0.25) is 0 Å².